The van der Waals surface area contributed by atoms with E-state index in [0.29, 0.717) is 16.3 Å². The molecule has 1 aliphatic rings. The van der Waals surface area contributed by atoms with Crippen LogP contribution in [0.1, 0.15) is 36.9 Å². The van der Waals surface area contributed by atoms with Gasteiger partial charge in [0.2, 0.25) is 0 Å². The zero-order valence-corrected chi connectivity index (χ0v) is 14.2. The topological polar surface area (TPSA) is 93.2 Å². The van der Waals surface area contributed by atoms with E-state index in [-0.39, 0.29) is 5.91 Å². The number of anilines is 1. The second kappa shape index (κ2) is 5.78. The second-order valence-corrected chi connectivity index (χ2v) is 6.92. The maximum atomic E-state index is 12.5. The van der Waals surface area contributed by atoms with E-state index in [0.717, 1.165) is 35.5 Å². The van der Waals surface area contributed by atoms with Crippen molar-refractivity contribution in [1.82, 2.24) is 14.7 Å². The van der Waals surface area contributed by atoms with Crippen molar-refractivity contribution in [2.75, 3.05) is 18.9 Å². The molecule has 0 unspecified atom stereocenters. The molecular formula is C15H19N5O2S. The molecule has 3 N–H and O–H groups in total. The summed E-state index contributed by atoms with van der Waals surface area (Å²) in [5, 5.41) is 7.45. The number of carbonyl (C=O) groups excluding carboxylic acids is 2. The Morgan fingerprint density at radius 1 is 1.39 bits per heavy atom. The first-order valence-corrected chi connectivity index (χ1v) is 8.13. The van der Waals surface area contributed by atoms with Crippen molar-refractivity contribution in [1.29, 1.82) is 0 Å². The van der Waals surface area contributed by atoms with Gasteiger partial charge in [-0.25, -0.2) is 0 Å². The number of fused-ring (bicyclic) bond motifs is 1. The summed E-state index contributed by atoms with van der Waals surface area (Å²) in [6.07, 6.45) is 2.40. The average molecular weight is 333 g/mol. The lowest BCUT2D eigenvalue weighted by atomic mass is 10.0. The quantitative estimate of drug-likeness (QED) is 0.880. The summed E-state index contributed by atoms with van der Waals surface area (Å²) in [4.78, 5) is 27.7. The number of likely N-dealkylation sites (N-methyl/N-ethyl adjacent to an activating group) is 1. The van der Waals surface area contributed by atoms with Gasteiger partial charge in [-0.05, 0) is 31.5 Å². The van der Waals surface area contributed by atoms with Crippen LogP contribution in [0, 0.1) is 6.92 Å². The van der Waals surface area contributed by atoms with Crippen LogP contribution in [0.15, 0.2) is 6.20 Å². The Hall–Kier alpha value is -2.19. The normalized spacial score (nSPS) is 14.6. The highest BCUT2D eigenvalue weighted by Crippen LogP contribution is 2.36. The van der Waals surface area contributed by atoms with Gasteiger partial charge in [-0.15, -0.1) is 11.3 Å². The predicted octanol–water partition coefficient (Wildman–Crippen LogP) is 1.13. The summed E-state index contributed by atoms with van der Waals surface area (Å²) < 4.78 is 1.52. The molecule has 0 fully saturated rings. The highest BCUT2D eigenvalue weighted by molar-refractivity contribution is 7.17. The van der Waals surface area contributed by atoms with Crippen LogP contribution in [0.2, 0.25) is 0 Å². The molecule has 1 aliphatic heterocycles. The number of thiophene rings is 1. The highest BCUT2D eigenvalue weighted by Gasteiger charge is 2.27. The van der Waals surface area contributed by atoms with Gasteiger partial charge < -0.3 is 16.0 Å². The molecule has 2 aromatic rings. The first-order chi connectivity index (χ1) is 10.9. The lowest BCUT2D eigenvalue weighted by Gasteiger charge is -2.22. The Morgan fingerprint density at radius 3 is 2.74 bits per heavy atom. The molecule has 0 radical (unpaired) electrons. The fourth-order valence-electron chi connectivity index (χ4n) is 2.92. The van der Waals surface area contributed by atoms with Gasteiger partial charge in [-0.2, -0.15) is 5.10 Å². The van der Waals surface area contributed by atoms with E-state index in [4.69, 9.17) is 5.73 Å². The van der Waals surface area contributed by atoms with Gasteiger partial charge in [-0.1, -0.05) is 0 Å². The summed E-state index contributed by atoms with van der Waals surface area (Å²) in [6.45, 7) is 3.46. The van der Waals surface area contributed by atoms with Crippen molar-refractivity contribution >= 4 is 28.2 Å². The number of primary amides is 1. The smallest absolute Gasteiger partial charge is 0.274 e. The van der Waals surface area contributed by atoms with Crippen LogP contribution in [-0.4, -0.2) is 40.1 Å². The molecule has 0 bridgehead atoms. The molecule has 3 rings (SSSR count). The maximum Gasteiger partial charge on any atom is 0.274 e. The van der Waals surface area contributed by atoms with Crippen molar-refractivity contribution in [3.05, 3.63) is 33.5 Å². The van der Waals surface area contributed by atoms with E-state index in [1.165, 1.54) is 16.0 Å². The molecule has 2 aromatic heterocycles. The van der Waals surface area contributed by atoms with Crippen LogP contribution in [0.5, 0.6) is 0 Å². The van der Waals surface area contributed by atoms with Crippen molar-refractivity contribution in [3.8, 4) is 0 Å². The molecule has 0 aliphatic carbocycles. The highest BCUT2D eigenvalue weighted by atomic mass is 32.1. The van der Waals surface area contributed by atoms with Gasteiger partial charge in [0.1, 0.15) is 10.7 Å². The Balaban J connectivity index is 1.97. The van der Waals surface area contributed by atoms with Crippen LogP contribution in [-0.2, 0) is 20.0 Å². The van der Waals surface area contributed by atoms with E-state index < -0.39 is 5.91 Å². The number of nitrogens with one attached hydrogen (secondary N) is 1. The van der Waals surface area contributed by atoms with E-state index in [1.807, 2.05) is 14.0 Å². The molecule has 0 aromatic carbocycles. The number of aryl methyl sites for hydroxylation is 2. The Morgan fingerprint density at radius 2 is 2.13 bits per heavy atom. The minimum absolute atomic E-state index is 0.281. The van der Waals surface area contributed by atoms with E-state index in [2.05, 4.69) is 15.3 Å². The maximum absolute atomic E-state index is 12.5. The zero-order chi connectivity index (χ0) is 16.7. The number of hydrogen-bond acceptors (Lipinski definition) is 5. The van der Waals surface area contributed by atoms with Gasteiger partial charge in [0, 0.05) is 25.0 Å². The fourth-order valence-corrected chi connectivity index (χ4v) is 4.24. The van der Waals surface area contributed by atoms with Crippen molar-refractivity contribution in [3.63, 3.8) is 0 Å². The molecule has 23 heavy (non-hydrogen) atoms. The largest absolute Gasteiger partial charge is 0.365 e. The summed E-state index contributed by atoms with van der Waals surface area (Å²) >= 11 is 1.43. The molecular weight excluding hydrogens is 314 g/mol. The SMILES string of the molecule is Cc1cnn(C)c1C(=O)Nc1sc2c(c1C(N)=O)CCN(C)C2. The lowest BCUT2D eigenvalue weighted by Crippen LogP contribution is -2.27. The second-order valence-electron chi connectivity index (χ2n) is 5.81. The first-order valence-electron chi connectivity index (χ1n) is 7.31. The molecule has 3 heterocycles. The fraction of sp³-hybridized carbons (Fsp3) is 0.400. The van der Waals surface area contributed by atoms with Gasteiger partial charge in [-0.3, -0.25) is 14.3 Å². The van der Waals surface area contributed by atoms with Gasteiger partial charge in [0.15, 0.2) is 0 Å². The molecule has 8 heteroatoms. The number of aromatic nitrogens is 2. The third-order valence-electron chi connectivity index (χ3n) is 4.06. The van der Waals surface area contributed by atoms with Gasteiger partial charge in [0.05, 0.1) is 11.8 Å². The molecule has 2 amide bonds. The molecule has 122 valence electrons. The number of rotatable bonds is 3. The van der Waals surface area contributed by atoms with Crippen molar-refractivity contribution in [2.24, 2.45) is 12.8 Å². The summed E-state index contributed by atoms with van der Waals surface area (Å²) in [5.74, 6) is -0.777. The summed E-state index contributed by atoms with van der Waals surface area (Å²) in [5.41, 5.74) is 8.24. The van der Waals surface area contributed by atoms with E-state index >= 15 is 0 Å². The average Bonchev–Trinajstić information content (AvgIpc) is 2.98. The van der Waals surface area contributed by atoms with Crippen LogP contribution in [0.3, 0.4) is 0 Å². The third-order valence-corrected chi connectivity index (χ3v) is 5.19. The predicted molar refractivity (Wildman–Crippen MR) is 88.8 cm³/mol. The Kier molecular flexibility index (Phi) is 3.95. The number of nitrogens with two attached hydrogens (primary N) is 1. The molecule has 7 nitrogen and oxygen atoms in total. The van der Waals surface area contributed by atoms with Crippen LogP contribution in [0.4, 0.5) is 5.00 Å². The first kappa shape index (κ1) is 15.7. The number of amides is 2. The Bertz CT molecular complexity index is 773. The van der Waals surface area contributed by atoms with Crippen LogP contribution in [0.25, 0.3) is 0 Å². The summed E-state index contributed by atoms with van der Waals surface area (Å²) in [6, 6.07) is 0. The van der Waals surface area contributed by atoms with Crippen molar-refractivity contribution in [2.45, 2.75) is 19.9 Å². The number of hydrogen-bond donors (Lipinski definition) is 2. The minimum Gasteiger partial charge on any atom is -0.365 e. The van der Waals surface area contributed by atoms with Crippen LogP contribution < -0.4 is 11.1 Å². The number of carbonyl (C=O) groups is 2. The van der Waals surface area contributed by atoms with Crippen molar-refractivity contribution < 1.29 is 9.59 Å². The molecule has 0 saturated heterocycles. The monoisotopic (exact) mass is 333 g/mol. The van der Waals surface area contributed by atoms with Crippen LogP contribution >= 0.6 is 11.3 Å². The summed E-state index contributed by atoms with van der Waals surface area (Å²) in [7, 11) is 3.75. The third kappa shape index (κ3) is 2.75. The van der Waals surface area contributed by atoms with Gasteiger partial charge >= 0.3 is 0 Å². The lowest BCUT2D eigenvalue weighted by molar-refractivity contribution is 0.1000. The zero-order valence-electron chi connectivity index (χ0n) is 13.3. The molecule has 0 spiro atoms. The molecule has 0 saturated carbocycles. The minimum atomic E-state index is -0.496. The molecule has 0 atom stereocenters. The van der Waals surface area contributed by atoms with Gasteiger partial charge in [0.25, 0.3) is 11.8 Å². The van der Waals surface area contributed by atoms with E-state index in [9.17, 15) is 9.59 Å². The Labute approximate surface area is 138 Å². The standard InChI is InChI=1S/C15H19N5O2S/c1-8-6-17-20(3)12(8)14(22)18-15-11(13(16)21)9-4-5-19(2)7-10(9)23-15/h6H,4-5,7H2,1-3H3,(H2,16,21)(H,18,22). The number of nitrogens with zero attached hydrogens (tertiary/aromatic N) is 3. The van der Waals surface area contributed by atoms with E-state index in [1.54, 1.807) is 13.2 Å².